The molecule has 1 fully saturated rings. The highest BCUT2D eigenvalue weighted by Crippen LogP contribution is 2.26. The highest BCUT2D eigenvalue weighted by molar-refractivity contribution is 7.99. The SMILES string of the molecule is S=c1[nH]nc(-c2cccnc2)n1CC1CCSCC1. The number of nitrogens with zero attached hydrogens (tertiary/aromatic N) is 3. The van der Waals surface area contributed by atoms with Crippen LogP contribution in [0, 0.1) is 10.7 Å². The van der Waals surface area contributed by atoms with Crippen LogP contribution in [0.25, 0.3) is 11.4 Å². The van der Waals surface area contributed by atoms with Crippen molar-refractivity contribution in [3.05, 3.63) is 29.3 Å². The van der Waals surface area contributed by atoms with E-state index in [0.29, 0.717) is 10.7 Å². The molecule has 0 spiro atoms. The van der Waals surface area contributed by atoms with Crippen LogP contribution in [0.1, 0.15) is 12.8 Å². The summed E-state index contributed by atoms with van der Waals surface area (Å²) in [7, 11) is 0. The summed E-state index contributed by atoms with van der Waals surface area (Å²) in [6.45, 7) is 0.958. The van der Waals surface area contributed by atoms with Crippen LogP contribution in [0.15, 0.2) is 24.5 Å². The van der Waals surface area contributed by atoms with Crippen LogP contribution < -0.4 is 0 Å². The van der Waals surface area contributed by atoms with Gasteiger partial charge in [0.05, 0.1) is 0 Å². The third kappa shape index (κ3) is 2.90. The normalized spacial score (nSPS) is 16.6. The Morgan fingerprint density at radius 2 is 2.26 bits per heavy atom. The number of rotatable bonds is 3. The molecule has 1 saturated heterocycles. The molecule has 100 valence electrons. The van der Waals surface area contributed by atoms with Gasteiger partial charge in [0, 0.05) is 24.5 Å². The highest BCUT2D eigenvalue weighted by Gasteiger charge is 2.17. The fraction of sp³-hybridized carbons (Fsp3) is 0.462. The second-order valence-corrected chi connectivity index (χ2v) is 6.37. The maximum atomic E-state index is 5.36. The fourth-order valence-electron chi connectivity index (χ4n) is 2.39. The molecule has 3 heterocycles. The molecule has 4 nitrogen and oxygen atoms in total. The first-order chi connectivity index (χ1) is 9.34. The third-order valence-electron chi connectivity index (χ3n) is 3.46. The smallest absolute Gasteiger partial charge is 0.195 e. The van der Waals surface area contributed by atoms with Crippen LogP contribution in [0.3, 0.4) is 0 Å². The minimum Gasteiger partial charge on any atom is -0.300 e. The van der Waals surface area contributed by atoms with Gasteiger partial charge in [-0.25, -0.2) is 0 Å². The van der Waals surface area contributed by atoms with Gasteiger partial charge in [-0.1, -0.05) is 0 Å². The summed E-state index contributed by atoms with van der Waals surface area (Å²) in [5.74, 6) is 4.13. The zero-order valence-electron chi connectivity index (χ0n) is 10.6. The van der Waals surface area contributed by atoms with Crippen molar-refractivity contribution in [3.8, 4) is 11.4 Å². The van der Waals surface area contributed by atoms with Crippen LogP contribution in [0.5, 0.6) is 0 Å². The number of aromatic nitrogens is 4. The Morgan fingerprint density at radius 1 is 1.42 bits per heavy atom. The Bertz CT molecular complexity index is 584. The summed E-state index contributed by atoms with van der Waals surface area (Å²) in [6.07, 6.45) is 6.14. The number of pyridine rings is 1. The number of hydrogen-bond acceptors (Lipinski definition) is 4. The van der Waals surface area contributed by atoms with Crippen molar-refractivity contribution in [1.82, 2.24) is 19.7 Å². The molecular formula is C13H16N4S2. The monoisotopic (exact) mass is 292 g/mol. The van der Waals surface area contributed by atoms with Gasteiger partial charge in [0.15, 0.2) is 10.6 Å². The zero-order chi connectivity index (χ0) is 13.1. The van der Waals surface area contributed by atoms with E-state index in [1.165, 1.54) is 24.3 Å². The van der Waals surface area contributed by atoms with Gasteiger partial charge in [-0.15, -0.1) is 0 Å². The van der Waals surface area contributed by atoms with Crippen molar-refractivity contribution >= 4 is 24.0 Å². The highest BCUT2D eigenvalue weighted by atomic mass is 32.2. The van der Waals surface area contributed by atoms with Crippen LogP contribution >= 0.6 is 24.0 Å². The lowest BCUT2D eigenvalue weighted by Gasteiger charge is -2.22. The Balaban J connectivity index is 1.88. The Kier molecular flexibility index (Phi) is 3.98. The molecule has 2 aromatic heterocycles. The summed E-state index contributed by atoms with van der Waals surface area (Å²) < 4.78 is 2.82. The molecule has 0 bridgehead atoms. The molecule has 1 aliphatic rings. The molecule has 19 heavy (non-hydrogen) atoms. The van der Waals surface area contributed by atoms with E-state index < -0.39 is 0 Å². The fourth-order valence-corrected chi connectivity index (χ4v) is 3.80. The molecule has 6 heteroatoms. The average Bonchev–Trinajstić information content (AvgIpc) is 2.82. The second-order valence-electron chi connectivity index (χ2n) is 4.76. The predicted molar refractivity (Wildman–Crippen MR) is 80.7 cm³/mol. The lowest BCUT2D eigenvalue weighted by atomic mass is 10.0. The zero-order valence-corrected chi connectivity index (χ0v) is 12.2. The van der Waals surface area contributed by atoms with Crippen molar-refractivity contribution in [1.29, 1.82) is 0 Å². The molecule has 1 aliphatic heterocycles. The van der Waals surface area contributed by atoms with Gasteiger partial charge in [0.2, 0.25) is 0 Å². The van der Waals surface area contributed by atoms with E-state index in [1.807, 2.05) is 30.1 Å². The van der Waals surface area contributed by atoms with E-state index in [0.717, 1.165) is 17.9 Å². The Labute approximate surface area is 121 Å². The molecule has 1 N–H and O–H groups in total. The molecule has 0 saturated carbocycles. The van der Waals surface area contributed by atoms with Gasteiger partial charge < -0.3 is 0 Å². The summed E-state index contributed by atoms with van der Waals surface area (Å²) in [4.78, 5) is 4.15. The van der Waals surface area contributed by atoms with Gasteiger partial charge in [0.1, 0.15) is 0 Å². The van der Waals surface area contributed by atoms with E-state index in [4.69, 9.17) is 12.2 Å². The van der Waals surface area contributed by atoms with Gasteiger partial charge in [0.25, 0.3) is 0 Å². The predicted octanol–water partition coefficient (Wildman–Crippen LogP) is 3.15. The van der Waals surface area contributed by atoms with Crippen LogP contribution in [-0.4, -0.2) is 31.3 Å². The lowest BCUT2D eigenvalue weighted by molar-refractivity contribution is 0.416. The first-order valence-corrected chi connectivity index (χ1v) is 8.04. The molecule has 0 radical (unpaired) electrons. The van der Waals surface area contributed by atoms with E-state index in [9.17, 15) is 0 Å². The van der Waals surface area contributed by atoms with E-state index >= 15 is 0 Å². The molecule has 3 rings (SSSR count). The van der Waals surface area contributed by atoms with Crippen molar-refractivity contribution < 1.29 is 0 Å². The molecule has 0 unspecified atom stereocenters. The summed E-state index contributed by atoms with van der Waals surface area (Å²) >= 11 is 7.41. The van der Waals surface area contributed by atoms with Gasteiger partial charge >= 0.3 is 0 Å². The number of nitrogens with one attached hydrogen (secondary N) is 1. The number of aromatic amines is 1. The maximum absolute atomic E-state index is 5.36. The summed E-state index contributed by atoms with van der Waals surface area (Å²) in [5.41, 5.74) is 1.01. The topological polar surface area (TPSA) is 46.5 Å². The number of H-pyrrole nitrogens is 1. The third-order valence-corrected chi connectivity index (χ3v) is 4.82. The van der Waals surface area contributed by atoms with Crippen molar-refractivity contribution in [3.63, 3.8) is 0 Å². The van der Waals surface area contributed by atoms with Crippen LogP contribution in [-0.2, 0) is 6.54 Å². The molecule has 0 aromatic carbocycles. The molecule has 2 aromatic rings. The van der Waals surface area contributed by atoms with Crippen molar-refractivity contribution in [2.75, 3.05) is 11.5 Å². The molecular weight excluding hydrogens is 276 g/mol. The van der Waals surface area contributed by atoms with Crippen molar-refractivity contribution in [2.45, 2.75) is 19.4 Å². The van der Waals surface area contributed by atoms with Gasteiger partial charge in [-0.2, -0.15) is 16.9 Å². The second kappa shape index (κ2) is 5.88. The largest absolute Gasteiger partial charge is 0.300 e. The summed E-state index contributed by atoms with van der Waals surface area (Å²) in [6, 6.07) is 3.94. The molecule has 0 aliphatic carbocycles. The summed E-state index contributed by atoms with van der Waals surface area (Å²) in [5, 5.41) is 7.26. The lowest BCUT2D eigenvalue weighted by Crippen LogP contribution is -2.17. The minimum atomic E-state index is 0.706. The van der Waals surface area contributed by atoms with E-state index in [1.54, 1.807) is 6.20 Å². The standard InChI is InChI=1S/C13H16N4S2/c18-13-16-15-12(11-2-1-5-14-8-11)17(13)9-10-3-6-19-7-4-10/h1-2,5,8,10H,3-4,6-7,9H2,(H,16,18). The first-order valence-electron chi connectivity index (χ1n) is 6.48. The van der Waals surface area contributed by atoms with E-state index in [-0.39, 0.29) is 0 Å². The molecule has 0 amide bonds. The molecule has 0 atom stereocenters. The Morgan fingerprint density at radius 3 is 3.00 bits per heavy atom. The van der Waals surface area contributed by atoms with Gasteiger partial charge in [-0.3, -0.25) is 14.6 Å². The average molecular weight is 292 g/mol. The van der Waals surface area contributed by atoms with Gasteiger partial charge in [-0.05, 0) is 54.6 Å². The first kappa shape index (κ1) is 12.9. The minimum absolute atomic E-state index is 0.706. The van der Waals surface area contributed by atoms with Crippen molar-refractivity contribution in [2.24, 2.45) is 5.92 Å². The maximum Gasteiger partial charge on any atom is 0.195 e. The van der Waals surface area contributed by atoms with Crippen LogP contribution in [0.4, 0.5) is 0 Å². The Hall–Kier alpha value is -1.14. The van der Waals surface area contributed by atoms with E-state index in [2.05, 4.69) is 19.7 Å². The quantitative estimate of drug-likeness (QED) is 0.883. The number of thioether (sulfide) groups is 1. The number of hydrogen-bond donors (Lipinski definition) is 1. The van der Waals surface area contributed by atoms with Crippen LogP contribution in [0.2, 0.25) is 0 Å².